The monoisotopic (exact) mass is 321 g/mol. The van der Waals surface area contributed by atoms with Crippen LogP contribution in [0, 0.1) is 11.8 Å². The van der Waals surface area contributed by atoms with Crippen molar-refractivity contribution in [3.05, 3.63) is 53.6 Å². The van der Waals surface area contributed by atoms with E-state index in [2.05, 4.69) is 11.8 Å². The summed E-state index contributed by atoms with van der Waals surface area (Å²) >= 11 is 0. The molecule has 0 saturated heterocycles. The molecule has 0 N–H and O–H groups in total. The number of methoxy groups -OCH3 is 2. The van der Waals surface area contributed by atoms with E-state index in [1.165, 1.54) is 0 Å². The summed E-state index contributed by atoms with van der Waals surface area (Å²) < 4.78 is 10.4. The predicted molar refractivity (Wildman–Crippen MR) is 93.5 cm³/mol. The molecular weight excluding hydrogens is 302 g/mol. The lowest BCUT2D eigenvalue weighted by Crippen LogP contribution is -2.34. The summed E-state index contributed by atoms with van der Waals surface area (Å²) in [7, 11) is 3.26. The Labute approximate surface area is 142 Å². The van der Waals surface area contributed by atoms with Gasteiger partial charge in [-0.3, -0.25) is 4.79 Å². The lowest BCUT2D eigenvalue weighted by molar-refractivity contribution is -0.113. The molecule has 0 spiro atoms. The molecule has 0 bridgehead atoms. The molecule has 1 heterocycles. The fourth-order valence-electron chi connectivity index (χ4n) is 2.78. The number of benzene rings is 2. The first kappa shape index (κ1) is 15.9. The van der Waals surface area contributed by atoms with Gasteiger partial charge in [0.2, 0.25) is 0 Å². The van der Waals surface area contributed by atoms with Crippen LogP contribution in [0.25, 0.3) is 0 Å². The van der Waals surface area contributed by atoms with Gasteiger partial charge in [-0.05, 0) is 60.9 Å². The summed E-state index contributed by atoms with van der Waals surface area (Å²) in [5.74, 6) is 7.06. The van der Waals surface area contributed by atoms with Crippen molar-refractivity contribution in [3.8, 4) is 23.3 Å². The molecule has 1 amide bonds. The first-order valence-electron chi connectivity index (χ1n) is 7.86. The standard InChI is InChI=1S/C20H19NO3/c1-23-17-8-5-15(6-9-17)7-12-20(22)21-13-3-4-16-14-18(24-2)10-11-19(16)21/h5-6,8-11,14H,3-4,13H2,1-2H3. The van der Waals surface area contributed by atoms with E-state index in [0.717, 1.165) is 41.2 Å². The van der Waals surface area contributed by atoms with Crippen molar-refractivity contribution in [2.75, 3.05) is 25.7 Å². The van der Waals surface area contributed by atoms with Gasteiger partial charge in [0.25, 0.3) is 0 Å². The Morgan fingerprint density at radius 3 is 2.46 bits per heavy atom. The van der Waals surface area contributed by atoms with Gasteiger partial charge in [0.1, 0.15) is 11.5 Å². The third-order valence-electron chi connectivity index (χ3n) is 4.05. The molecule has 4 heteroatoms. The number of aryl methyl sites for hydroxylation is 1. The number of nitrogens with zero attached hydrogens (tertiary/aromatic N) is 1. The third-order valence-corrected chi connectivity index (χ3v) is 4.05. The quantitative estimate of drug-likeness (QED) is 0.798. The first-order chi connectivity index (χ1) is 11.7. The van der Waals surface area contributed by atoms with E-state index < -0.39 is 0 Å². The number of carbonyl (C=O) groups excluding carboxylic acids is 1. The molecule has 0 radical (unpaired) electrons. The number of hydrogen-bond donors (Lipinski definition) is 0. The van der Waals surface area contributed by atoms with Crippen molar-refractivity contribution in [1.29, 1.82) is 0 Å². The fourth-order valence-corrected chi connectivity index (χ4v) is 2.78. The highest BCUT2D eigenvalue weighted by Gasteiger charge is 2.21. The van der Waals surface area contributed by atoms with Gasteiger partial charge in [0.15, 0.2) is 0 Å². The van der Waals surface area contributed by atoms with Crippen LogP contribution >= 0.6 is 0 Å². The molecule has 0 saturated carbocycles. The lowest BCUT2D eigenvalue weighted by Gasteiger charge is -2.28. The number of amides is 1. The summed E-state index contributed by atoms with van der Waals surface area (Å²) in [5.41, 5.74) is 2.84. The van der Waals surface area contributed by atoms with E-state index in [0.29, 0.717) is 6.54 Å². The number of ether oxygens (including phenoxy) is 2. The van der Waals surface area contributed by atoms with Crippen molar-refractivity contribution in [2.45, 2.75) is 12.8 Å². The molecule has 2 aromatic carbocycles. The first-order valence-corrected chi connectivity index (χ1v) is 7.86. The molecule has 1 aliphatic heterocycles. The Kier molecular flexibility index (Phi) is 4.72. The molecule has 24 heavy (non-hydrogen) atoms. The van der Waals surface area contributed by atoms with Crippen molar-refractivity contribution in [3.63, 3.8) is 0 Å². The maximum Gasteiger partial charge on any atom is 0.303 e. The Morgan fingerprint density at radius 2 is 1.75 bits per heavy atom. The summed E-state index contributed by atoms with van der Waals surface area (Å²) in [5, 5.41) is 0. The van der Waals surface area contributed by atoms with Gasteiger partial charge in [0, 0.05) is 23.7 Å². The molecular formula is C20H19NO3. The van der Waals surface area contributed by atoms with Crippen molar-refractivity contribution >= 4 is 11.6 Å². The lowest BCUT2D eigenvalue weighted by atomic mass is 10.0. The van der Waals surface area contributed by atoms with E-state index in [4.69, 9.17) is 9.47 Å². The average Bonchev–Trinajstić information content (AvgIpc) is 2.65. The van der Waals surface area contributed by atoms with Gasteiger partial charge in [0.05, 0.1) is 14.2 Å². The van der Waals surface area contributed by atoms with E-state index in [9.17, 15) is 4.79 Å². The van der Waals surface area contributed by atoms with Crippen LogP contribution < -0.4 is 14.4 Å². The van der Waals surface area contributed by atoms with Gasteiger partial charge in [-0.2, -0.15) is 0 Å². The average molecular weight is 321 g/mol. The van der Waals surface area contributed by atoms with Crippen LogP contribution in [0.15, 0.2) is 42.5 Å². The molecule has 0 aliphatic carbocycles. The molecule has 0 atom stereocenters. The minimum atomic E-state index is -0.183. The van der Waals surface area contributed by atoms with Gasteiger partial charge < -0.3 is 14.4 Å². The van der Waals surface area contributed by atoms with Gasteiger partial charge in [-0.15, -0.1) is 0 Å². The van der Waals surface area contributed by atoms with Crippen molar-refractivity contribution in [2.24, 2.45) is 0 Å². The summed E-state index contributed by atoms with van der Waals surface area (Å²) in [6.07, 6.45) is 1.87. The highest BCUT2D eigenvalue weighted by Crippen LogP contribution is 2.30. The molecule has 1 aliphatic rings. The molecule has 4 nitrogen and oxygen atoms in total. The largest absolute Gasteiger partial charge is 0.497 e. The second-order valence-corrected chi connectivity index (χ2v) is 5.53. The molecule has 2 aromatic rings. The van der Waals surface area contributed by atoms with Crippen LogP contribution in [-0.2, 0) is 11.2 Å². The molecule has 0 unspecified atom stereocenters. The normalized spacial score (nSPS) is 12.7. The van der Waals surface area contributed by atoms with Crippen LogP contribution in [0.2, 0.25) is 0 Å². The predicted octanol–water partition coefficient (Wildman–Crippen LogP) is 3.03. The maximum atomic E-state index is 12.5. The van der Waals surface area contributed by atoms with Gasteiger partial charge in [-0.25, -0.2) is 0 Å². The molecule has 0 fully saturated rings. The highest BCUT2D eigenvalue weighted by molar-refractivity contribution is 6.06. The van der Waals surface area contributed by atoms with Crippen LogP contribution in [0.3, 0.4) is 0 Å². The maximum absolute atomic E-state index is 12.5. The molecule has 0 aromatic heterocycles. The van der Waals surface area contributed by atoms with Crippen LogP contribution in [0.1, 0.15) is 17.5 Å². The Hall–Kier alpha value is -2.93. The zero-order chi connectivity index (χ0) is 16.9. The number of rotatable bonds is 2. The SMILES string of the molecule is COc1ccc(C#CC(=O)N2CCCc3cc(OC)ccc32)cc1. The minimum absolute atomic E-state index is 0.183. The number of carbonyl (C=O) groups is 1. The second kappa shape index (κ2) is 7.10. The zero-order valence-corrected chi connectivity index (χ0v) is 13.8. The Balaban J connectivity index is 1.80. The van der Waals surface area contributed by atoms with Crippen molar-refractivity contribution in [1.82, 2.24) is 0 Å². The summed E-state index contributed by atoms with van der Waals surface area (Å²) in [6, 6.07) is 13.1. The Bertz CT molecular complexity index is 800. The van der Waals surface area contributed by atoms with Crippen molar-refractivity contribution < 1.29 is 14.3 Å². The van der Waals surface area contributed by atoms with Crippen LogP contribution in [-0.4, -0.2) is 26.7 Å². The Morgan fingerprint density at radius 1 is 1.04 bits per heavy atom. The number of hydrogen-bond acceptors (Lipinski definition) is 3. The molecule has 122 valence electrons. The van der Waals surface area contributed by atoms with E-state index in [1.54, 1.807) is 19.1 Å². The van der Waals surface area contributed by atoms with Gasteiger partial charge >= 0.3 is 5.91 Å². The fraction of sp³-hybridized carbons (Fsp3) is 0.250. The summed E-state index contributed by atoms with van der Waals surface area (Å²) in [6.45, 7) is 0.690. The minimum Gasteiger partial charge on any atom is -0.497 e. The highest BCUT2D eigenvalue weighted by atomic mass is 16.5. The van der Waals surface area contributed by atoms with Crippen LogP contribution in [0.4, 0.5) is 5.69 Å². The number of fused-ring (bicyclic) bond motifs is 1. The topological polar surface area (TPSA) is 38.8 Å². The second-order valence-electron chi connectivity index (χ2n) is 5.53. The summed E-state index contributed by atoms with van der Waals surface area (Å²) in [4.78, 5) is 14.3. The zero-order valence-electron chi connectivity index (χ0n) is 13.8. The van der Waals surface area contributed by atoms with Gasteiger partial charge in [-0.1, -0.05) is 5.92 Å². The van der Waals surface area contributed by atoms with Crippen LogP contribution in [0.5, 0.6) is 11.5 Å². The molecule has 3 rings (SSSR count). The van der Waals surface area contributed by atoms with E-state index >= 15 is 0 Å². The van der Waals surface area contributed by atoms with E-state index in [1.807, 2.05) is 42.5 Å². The third kappa shape index (κ3) is 3.36. The smallest absolute Gasteiger partial charge is 0.303 e. The number of anilines is 1. The van der Waals surface area contributed by atoms with E-state index in [-0.39, 0.29) is 5.91 Å².